The fourth-order valence-electron chi connectivity index (χ4n) is 12.3. The predicted octanol–water partition coefficient (Wildman–Crippen LogP) is 22.4. The Labute approximate surface area is 487 Å². The maximum absolute atomic E-state index is 2.42. The van der Waals surface area contributed by atoms with E-state index in [9.17, 15) is 0 Å². The van der Waals surface area contributed by atoms with Gasteiger partial charge >= 0.3 is 0 Å². The summed E-state index contributed by atoms with van der Waals surface area (Å²) >= 11 is 0. The van der Waals surface area contributed by atoms with Gasteiger partial charge in [-0.15, -0.1) is 0 Å². The molecule has 0 fully saturated rings. The quantitative estimate of drug-likeness (QED) is 0.108. The monoisotopic (exact) mass is 1060 g/mol. The first-order chi connectivity index (χ1) is 40.9. The van der Waals surface area contributed by atoms with Crippen molar-refractivity contribution >= 4 is 79.0 Å². The van der Waals surface area contributed by atoms with Crippen LogP contribution in [-0.2, 0) is 5.41 Å². The van der Waals surface area contributed by atoms with Gasteiger partial charge in [0.2, 0.25) is 0 Å². The van der Waals surface area contributed by atoms with E-state index in [-0.39, 0.29) is 5.41 Å². The number of para-hydroxylation sites is 4. The Bertz CT molecular complexity index is 4270. The molecule has 0 aromatic heterocycles. The largest absolute Gasteiger partial charge is 0.311 e. The van der Waals surface area contributed by atoms with Crippen molar-refractivity contribution in [3.8, 4) is 33.4 Å². The van der Waals surface area contributed by atoms with E-state index in [1.54, 1.807) is 0 Å². The highest BCUT2D eigenvalue weighted by Crippen LogP contribution is 2.51. The van der Waals surface area contributed by atoms with Gasteiger partial charge in [-0.1, -0.05) is 202 Å². The molecular weight excluding hydrogens is 1000 g/mol. The van der Waals surface area contributed by atoms with Crippen LogP contribution in [0.4, 0.5) is 68.2 Å². The highest BCUT2D eigenvalue weighted by atomic mass is 15.2. The van der Waals surface area contributed by atoms with Gasteiger partial charge in [0.15, 0.2) is 0 Å². The Morgan fingerprint density at radius 2 is 0.518 bits per heavy atom. The van der Waals surface area contributed by atoms with Gasteiger partial charge < -0.3 is 19.6 Å². The molecule has 0 amide bonds. The van der Waals surface area contributed by atoms with E-state index in [0.29, 0.717) is 0 Å². The van der Waals surface area contributed by atoms with E-state index < -0.39 is 0 Å². The van der Waals surface area contributed by atoms with E-state index in [0.717, 1.165) is 90.5 Å². The van der Waals surface area contributed by atoms with Gasteiger partial charge in [-0.3, -0.25) is 0 Å². The molecule has 0 saturated heterocycles. The summed E-state index contributed by atoms with van der Waals surface area (Å²) in [4.78, 5) is 9.41. The molecule has 13 aromatic carbocycles. The summed E-state index contributed by atoms with van der Waals surface area (Å²) < 4.78 is 0. The maximum Gasteiger partial charge on any atom is 0.0540 e. The van der Waals surface area contributed by atoms with Crippen LogP contribution < -0.4 is 19.6 Å². The molecule has 4 heteroatoms. The number of hydrogen-bond acceptors (Lipinski definition) is 4. The molecule has 0 saturated carbocycles. The van der Waals surface area contributed by atoms with Crippen LogP contribution in [0.15, 0.2) is 328 Å². The van der Waals surface area contributed by atoms with Gasteiger partial charge in [-0.25, -0.2) is 0 Å². The summed E-state index contributed by atoms with van der Waals surface area (Å²) in [6.45, 7) is 4.71. The zero-order valence-electron chi connectivity index (χ0n) is 46.5. The fraction of sp³-hybridized carbons (Fsp3) is 0.0380. The highest BCUT2D eigenvalue weighted by Gasteiger charge is 2.36. The molecule has 0 aliphatic heterocycles. The molecule has 0 N–H and O–H groups in total. The lowest BCUT2D eigenvalue weighted by Gasteiger charge is -2.30. The second-order valence-corrected chi connectivity index (χ2v) is 21.8. The zero-order chi connectivity index (χ0) is 55.7. The molecule has 4 nitrogen and oxygen atoms in total. The Hall–Kier alpha value is -10.7. The van der Waals surface area contributed by atoms with Crippen LogP contribution in [0.2, 0.25) is 0 Å². The molecule has 0 radical (unpaired) electrons. The molecule has 1 aliphatic rings. The first-order valence-electron chi connectivity index (χ1n) is 28.6. The van der Waals surface area contributed by atoms with Crippen LogP contribution in [0.25, 0.3) is 44.2 Å². The van der Waals surface area contributed by atoms with Crippen LogP contribution in [0.5, 0.6) is 0 Å². The number of hydrogen-bond donors (Lipinski definition) is 0. The highest BCUT2D eigenvalue weighted by molar-refractivity contribution is 5.99. The summed E-state index contributed by atoms with van der Waals surface area (Å²) in [7, 11) is 0. The van der Waals surface area contributed by atoms with Gasteiger partial charge in [0.25, 0.3) is 0 Å². The summed E-state index contributed by atoms with van der Waals surface area (Å²) in [6.07, 6.45) is 0. The van der Waals surface area contributed by atoms with E-state index in [1.807, 2.05) is 0 Å². The van der Waals surface area contributed by atoms with Crippen molar-refractivity contribution < 1.29 is 0 Å². The van der Waals surface area contributed by atoms with E-state index in [2.05, 4.69) is 361 Å². The zero-order valence-corrected chi connectivity index (χ0v) is 46.5. The van der Waals surface area contributed by atoms with Crippen molar-refractivity contribution in [1.82, 2.24) is 0 Å². The number of anilines is 12. The molecule has 83 heavy (non-hydrogen) atoms. The van der Waals surface area contributed by atoms with Crippen LogP contribution in [0.1, 0.15) is 25.0 Å². The first kappa shape index (κ1) is 50.5. The van der Waals surface area contributed by atoms with Gasteiger partial charge in [-0.05, 0) is 189 Å². The number of nitrogens with zero attached hydrogens (tertiary/aromatic N) is 4. The summed E-state index contributed by atoms with van der Waals surface area (Å²) in [5.74, 6) is 0. The molecule has 0 spiro atoms. The normalized spacial score (nSPS) is 12.1. The molecular formula is C79H60N4. The second-order valence-electron chi connectivity index (χ2n) is 21.8. The third kappa shape index (κ3) is 9.66. The molecule has 0 heterocycles. The Kier molecular flexibility index (Phi) is 13.2. The van der Waals surface area contributed by atoms with Crippen LogP contribution >= 0.6 is 0 Å². The van der Waals surface area contributed by atoms with E-state index >= 15 is 0 Å². The predicted molar refractivity (Wildman–Crippen MR) is 351 cm³/mol. The summed E-state index contributed by atoms with van der Waals surface area (Å²) in [6, 6.07) is 118. The third-order valence-corrected chi connectivity index (χ3v) is 16.4. The van der Waals surface area contributed by atoms with E-state index in [4.69, 9.17) is 0 Å². The van der Waals surface area contributed by atoms with Gasteiger partial charge in [0, 0.05) is 73.4 Å². The van der Waals surface area contributed by atoms with E-state index in [1.165, 1.54) is 33.0 Å². The lowest BCUT2D eigenvalue weighted by atomic mass is 9.82. The number of benzene rings is 13. The number of rotatable bonds is 14. The minimum atomic E-state index is -0.159. The maximum atomic E-state index is 2.42. The average Bonchev–Trinajstić information content (AvgIpc) is 3.52. The molecule has 396 valence electrons. The lowest BCUT2D eigenvalue weighted by Crippen LogP contribution is -2.16. The van der Waals surface area contributed by atoms with Crippen LogP contribution in [0, 0.1) is 0 Å². The molecule has 1 aliphatic carbocycles. The lowest BCUT2D eigenvalue weighted by molar-refractivity contribution is 0.660. The number of fused-ring (bicyclic) bond motifs is 4. The average molecular weight is 1070 g/mol. The fourth-order valence-corrected chi connectivity index (χ4v) is 12.3. The Balaban J connectivity index is 0.815. The van der Waals surface area contributed by atoms with Crippen molar-refractivity contribution in [2.24, 2.45) is 0 Å². The van der Waals surface area contributed by atoms with Crippen LogP contribution in [0.3, 0.4) is 0 Å². The SMILES string of the molecule is CC1(C)c2ccccc2-c2ccc(N(c3ccc(-c4ccc(N(c5ccccc5)c5ccccc5)cc4)cc3)c3ccc(N(c4ccc(-c5ccc(N(c6ccccc6)c6ccccc6)cc5)cc4)c4cccc5ccccc45)cc3)cc21. The minimum absolute atomic E-state index is 0.159. The Morgan fingerprint density at radius 1 is 0.217 bits per heavy atom. The molecule has 14 rings (SSSR count). The minimum Gasteiger partial charge on any atom is -0.311 e. The standard InChI is InChI=1S/C79H60N4/c1-79(2)76-32-18-17-31-74(76)75-55-54-72(56-77(75)79)82(68-46-38-59(39-47-68)57-34-42-66(43-35-57)80(62-22-7-3-8-23-62)63-24-9-4-10-25-63)69-50-52-71(53-51-69)83(78-33-19-21-61-20-15-16-30-73(61)78)70-48-40-60(41-49-70)58-36-44-67(45-37-58)81(64-26-11-5-12-27-64)65-28-13-6-14-29-65/h3-56H,1-2H3. The first-order valence-corrected chi connectivity index (χ1v) is 28.6. The Morgan fingerprint density at radius 3 is 0.952 bits per heavy atom. The second kappa shape index (κ2) is 21.8. The molecule has 0 atom stereocenters. The van der Waals surface area contributed by atoms with Crippen LogP contribution in [-0.4, -0.2) is 0 Å². The van der Waals surface area contributed by atoms with Crippen molar-refractivity contribution in [2.75, 3.05) is 19.6 Å². The summed E-state index contributed by atoms with van der Waals surface area (Å²) in [5, 5.41) is 2.37. The topological polar surface area (TPSA) is 13.0 Å². The van der Waals surface area contributed by atoms with Crippen molar-refractivity contribution in [1.29, 1.82) is 0 Å². The molecule has 0 bridgehead atoms. The van der Waals surface area contributed by atoms with Crippen molar-refractivity contribution in [2.45, 2.75) is 19.3 Å². The smallest absolute Gasteiger partial charge is 0.0540 e. The molecule has 0 unspecified atom stereocenters. The van der Waals surface area contributed by atoms with Gasteiger partial charge in [0.1, 0.15) is 0 Å². The third-order valence-electron chi connectivity index (χ3n) is 16.4. The van der Waals surface area contributed by atoms with Gasteiger partial charge in [-0.2, -0.15) is 0 Å². The van der Waals surface area contributed by atoms with Crippen molar-refractivity contribution in [3.05, 3.63) is 339 Å². The summed E-state index contributed by atoms with van der Waals surface area (Å²) in [5.41, 5.74) is 22.9. The van der Waals surface area contributed by atoms with Crippen molar-refractivity contribution in [3.63, 3.8) is 0 Å². The van der Waals surface area contributed by atoms with Gasteiger partial charge in [0.05, 0.1) is 5.69 Å². The molecule has 13 aromatic rings.